The van der Waals surface area contributed by atoms with Crippen LogP contribution >= 0.6 is 15.9 Å². The molecule has 19 heavy (non-hydrogen) atoms. The Hall–Kier alpha value is -1.54. The van der Waals surface area contributed by atoms with Crippen molar-refractivity contribution in [3.05, 3.63) is 69.7 Å². The number of rotatable bonds is 3. The van der Waals surface area contributed by atoms with Gasteiger partial charge in [-0.1, -0.05) is 58.4 Å². The molecule has 0 saturated heterocycles. The van der Waals surface area contributed by atoms with Gasteiger partial charge in [-0.2, -0.15) is 0 Å². The zero-order valence-corrected chi connectivity index (χ0v) is 12.2. The minimum atomic E-state index is 0.607. The first-order chi connectivity index (χ1) is 9.33. The quantitative estimate of drug-likeness (QED) is 0.775. The average molecular weight is 315 g/mol. The summed E-state index contributed by atoms with van der Waals surface area (Å²) in [6.45, 7) is 0.607. The van der Waals surface area contributed by atoms with Gasteiger partial charge >= 0.3 is 0 Å². The molecule has 0 aromatic heterocycles. The third-order valence-corrected chi connectivity index (χ3v) is 4.02. The van der Waals surface area contributed by atoms with Gasteiger partial charge in [0.25, 0.3) is 0 Å². The average Bonchev–Trinajstić information content (AvgIpc) is 2.46. The molecule has 0 N–H and O–H groups in total. The standard InChI is InChI=1S/C17H15BrO/c18-17-11-15(10-14-8-4-5-9-16(14)17)19-12-13-6-2-1-3-7-13/h1-4,6-8,10-11H,5,9,12H2. The number of hydrogen-bond acceptors (Lipinski definition) is 1. The fourth-order valence-corrected chi connectivity index (χ4v) is 2.96. The molecule has 0 saturated carbocycles. The van der Waals surface area contributed by atoms with Crippen molar-refractivity contribution >= 4 is 22.0 Å². The second-order valence-electron chi connectivity index (χ2n) is 4.69. The summed E-state index contributed by atoms with van der Waals surface area (Å²) < 4.78 is 7.03. The van der Waals surface area contributed by atoms with Gasteiger partial charge in [-0.25, -0.2) is 0 Å². The molecule has 0 unspecified atom stereocenters. The highest BCUT2D eigenvalue weighted by Crippen LogP contribution is 2.31. The van der Waals surface area contributed by atoms with E-state index in [4.69, 9.17) is 4.74 Å². The van der Waals surface area contributed by atoms with E-state index < -0.39 is 0 Å². The van der Waals surface area contributed by atoms with E-state index in [0.29, 0.717) is 6.61 Å². The van der Waals surface area contributed by atoms with Crippen LogP contribution in [0.4, 0.5) is 0 Å². The van der Waals surface area contributed by atoms with E-state index in [0.717, 1.165) is 23.1 Å². The molecule has 0 atom stereocenters. The number of allylic oxidation sites excluding steroid dienone is 1. The molecule has 0 bridgehead atoms. The van der Waals surface area contributed by atoms with Crippen molar-refractivity contribution in [3.63, 3.8) is 0 Å². The van der Waals surface area contributed by atoms with Gasteiger partial charge in [-0.05, 0) is 41.7 Å². The number of ether oxygens (including phenoxy) is 1. The topological polar surface area (TPSA) is 9.23 Å². The lowest BCUT2D eigenvalue weighted by atomic mass is 9.97. The molecule has 0 aliphatic heterocycles. The fraction of sp³-hybridized carbons (Fsp3) is 0.176. The summed E-state index contributed by atoms with van der Waals surface area (Å²) in [5, 5.41) is 0. The van der Waals surface area contributed by atoms with Crippen molar-refractivity contribution in [3.8, 4) is 5.75 Å². The van der Waals surface area contributed by atoms with Crippen molar-refractivity contribution in [2.75, 3.05) is 0 Å². The molecule has 0 radical (unpaired) electrons. The highest BCUT2D eigenvalue weighted by atomic mass is 79.9. The van der Waals surface area contributed by atoms with Crippen LogP contribution in [0.25, 0.3) is 6.08 Å². The van der Waals surface area contributed by atoms with Crippen molar-refractivity contribution in [1.29, 1.82) is 0 Å². The first-order valence-corrected chi connectivity index (χ1v) is 7.28. The minimum Gasteiger partial charge on any atom is -0.489 e. The predicted molar refractivity (Wildman–Crippen MR) is 82.3 cm³/mol. The number of fused-ring (bicyclic) bond motifs is 1. The fourth-order valence-electron chi connectivity index (χ4n) is 2.31. The Balaban J connectivity index is 1.79. The van der Waals surface area contributed by atoms with Gasteiger partial charge in [-0.3, -0.25) is 0 Å². The largest absolute Gasteiger partial charge is 0.489 e. The Bertz CT molecular complexity index is 602. The third-order valence-electron chi connectivity index (χ3n) is 3.31. The molecular weight excluding hydrogens is 300 g/mol. The van der Waals surface area contributed by atoms with Gasteiger partial charge in [0.15, 0.2) is 0 Å². The molecule has 0 amide bonds. The van der Waals surface area contributed by atoms with E-state index in [9.17, 15) is 0 Å². The third kappa shape index (κ3) is 2.90. The minimum absolute atomic E-state index is 0.607. The molecule has 1 nitrogen and oxygen atoms in total. The molecule has 96 valence electrons. The summed E-state index contributed by atoms with van der Waals surface area (Å²) >= 11 is 3.65. The van der Waals surface area contributed by atoms with Crippen LogP contribution in [0, 0.1) is 0 Å². The van der Waals surface area contributed by atoms with Crippen molar-refractivity contribution in [2.24, 2.45) is 0 Å². The molecule has 1 aliphatic carbocycles. The van der Waals surface area contributed by atoms with Crippen LogP contribution in [-0.2, 0) is 13.0 Å². The number of benzene rings is 2. The van der Waals surface area contributed by atoms with Crippen molar-refractivity contribution in [1.82, 2.24) is 0 Å². The summed E-state index contributed by atoms with van der Waals surface area (Å²) in [5.74, 6) is 0.918. The van der Waals surface area contributed by atoms with E-state index >= 15 is 0 Å². The second kappa shape index (κ2) is 5.62. The summed E-state index contributed by atoms with van der Waals surface area (Å²) in [6.07, 6.45) is 6.62. The Morgan fingerprint density at radius 2 is 1.95 bits per heavy atom. The monoisotopic (exact) mass is 314 g/mol. The second-order valence-corrected chi connectivity index (χ2v) is 5.54. The van der Waals surface area contributed by atoms with Crippen LogP contribution in [0.15, 0.2) is 53.0 Å². The SMILES string of the molecule is Brc1cc(OCc2ccccc2)cc2c1CCC=C2. The van der Waals surface area contributed by atoms with Crippen molar-refractivity contribution < 1.29 is 4.74 Å². The zero-order valence-electron chi connectivity index (χ0n) is 10.6. The van der Waals surface area contributed by atoms with Crippen LogP contribution in [0.5, 0.6) is 5.75 Å². The van der Waals surface area contributed by atoms with Gasteiger partial charge in [0.05, 0.1) is 0 Å². The molecule has 0 fully saturated rings. The van der Waals surface area contributed by atoms with E-state index in [-0.39, 0.29) is 0 Å². The Morgan fingerprint density at radius 1 is 1.11 bits per heavy atom. The molecule has 2 aromatic carbocycles. The molecule has 0 spiro atoms. The van der Waals surface area contributed by atoms with Gasteiger partial charge < -0.3 is 4.74 Å². The van der Waals surface area contributed by atoms with Gasteiger partial charge in [0.2, 0.25) is 0 Å². The van der Waals surface area contributed by atoms with Gasteiger partial charge in [-0.15, -0.1) is 0 Å². The Kier molecular flexibility index (Phi) is 3.69. The summed E-state index contributed by atoms with van der Waals surface area (Å²) in [7, 11) is 0. The van der Waals surface area contributed by atoms with E-state index in [1.165, 1.54) is 16.7 Å². The summed E-state index contributed by atoms with van der Waals surface area (Å²) in [6, 6.07) is 14.4. The Labute approximate surface area is 122 Å². The summed E-state index contributed by atoms with van der Waals surface area (Å²) in [4.78, 5) is 0. The smallest absolute Gasteiger partial charge is 0.121 e. The normalized spacial score (nSPS) is 13.1. The van der Waals surface area contributed by atoms with E-state index in [1.807, 2.05) is 18.2 Å². The number of hydrogen-bond donors (Lipinski definition) is 0. The maximum absolute atomic E-state index is 5.88. The maximum Gasteiger partial charge on any atom is 0.121 e. The van der Waals surface area contributed by atoms with Crippen LogP contribution in [-0.4, -0.2) is 0 Å². The van der Waals surface area contributed by atoms with Gasteiger partial charge in [0, 0.05) is 4.47 Å². The van der Waals surface area contributed by atoms with Crippen molar-refractivity contribution in [2.45, 2.75) is 19.4 Å². The lowest BCUT2D eigenvalue weighted by Crippen LogP contribution is -1.99. The van der Waals surface area contributed by atoms with E-state index in [2.05, 4.69) is 52.3 Å². The Morgan fingerprint density at radius 3 is 2.79 bits per heavy atom. The highest BCUT2D eigenvalue weighted by molar-refractivity contribution is 9.10. The molecule has 0 heterocycles. The molecule has 3 rings (SSSR count). The molecule has 2 heteroatoms. The van der Waals surface area contributed by atoms with Crippen LogP contribution in [0.3, 0.4) is 0 Å². The lowest BCUT2D eigenvalue weighted by molar-refractivity contribution is 0.306. The van der Waals surface area contributed by atoms with Crippen LogP contribution in [0.1, 0.15) is 23.1 Å². The zero-order chi connectivity index (χ0) is 13.1. The first kappa shape index (κ1) is 12.5. The molecular formula is C17H15BrO. The molecule has 1 aliphatic rings. The number of halogens is 1. The van der Waals surface area contributed by atoms with Gasteiger partial charge in [0.1, 0.15) is 12.4 Å². The predicted octanol–water partition coefficient (Wildman–Crippen LogP) is 4.99. The maximum atomic E-state index is 5.88. The van der Waals surface area contributed by atoms with Crippen LogP contribution < -0.4 is 4.74 Å². The van der Waals surface area contributed by atoms with Crippen LogP contribution in [0.2, 0.25) is 0 Å². The highest BCUT2D eigenvalue weighted by Gasteiger charge is 2.10. The lowest BCUT2D eigenvalue weighted by Gasteiger charge is -2.15. The first-order valence-electron chi connectivity index (χ1n) is 6.48. The van der Waals surface area contributed by atoms with E-state index in [1.54, 1.807) is 0 Å². The summed E-state index contributed by atoms with van der Waals surface area (Å²) in [5.41, 5.74) is 3.84. The molecule has 2 aromatic rings.